The number of halogens is 1. The fourth-order valence-corrected chi connectivity index (χ4v) is 1.69. The third-order valence-electron chi connectivity index (χ3n) is 2.87. The second-order valence-corrected chi connectivity index (χ2v) is 4.21. The Morgan fingerprint density at radius 3 is 2.89 bits per heavy atom. The van der Waals surface area contributed by atoms with E-state index in [0.29, 0.717) is 6.54 Å². The van der Waals surface area contributed by atoms with Gasteiger partial charge in [0, 0.05) is 24.5 Å². The molecule has 0 aliphatic carbocycles. The lowest BCUT2D eigenvalue weighted by Crippen LogP contribution is -2.12. The van der Waals surface area contributed by atoms with E-state index in [1.54, 1.807) is 12.4 Å². The molecule has 5 heteroatoms. The summed E-state index contributed by atoms with van der Waals surface area (Å²) in [5.74, 6) is -1.01. The summed E-state index contributed by atoms with van der Waals surface area (Å²) in [5.41, 5.74) is 7.71. The van der Waals surface area contributed by atoms with E-state index in [-0.39, 0.29) is 11.3 Å². The second-order valence-electron chi connectivity index (χ2n) is 4.21. The summed E-state index contributed by atoms with van der Waals surface area (Å²) in [7, 11) is 0. The smallest absolute Gasteiger partial charge is 0.248 e. The van der Waals surface area contributed by atoms with Crippen molar-refractivity contribution in [1.29, 1.82) is 0 Å². The zero-order chi connectivity index (χ0) is 13.8. The molecule has 4 nitrogen and oxygen atoms in total. The van der Waals surface area contributed by atoms with E-state index in [0.717, 1.165) is 11.1 Å². The van der Waals surface area contributed by atoms with E-state index in [2.05, 4.69) is 10.3 Å². The van der Waals surface area contributed by atoms with Crippen LogP contribution in [0.15, 0.2) is 36.7 Å². The van der Waals surface area contributed by atoms with Crippen LogP contribution in [-0.4, -0.2) is 10.9 Å². The standard InChI is InChI=1S/C14H14FN3O/c1-9-4-5-17-7-11(9)8-18-13-6-10(14(16)19)2-3-12(13)15/h2-7,18H,8H2,1H3,(H2,16,19). The number of nitrogens with zero attached hydrogens (tertiary/aromatic N) is 1. The number of carbonyl (C=O) groups is 1. The number of aromatic nitrogens is 1. The first kappa shape index (κ1) is 13.0. The summed E-state index contributed by atoms with van der Waals surface area (Å²) in [6.07, 6.45) is 3.42. The van der Waals surface area contributed by atoms with Crippen molar-refractivity contribution in [1.82, 2.24) is 4.98 Å². The number of pyridine rings is 1. The molecule has 0 atom stereocenters. The highest BCUT2D eigenvalue weighted by atomic mass is 19.1. The van der Waals surface area contributed by atoms with Crippen LogP contribution in [0.1, 0.15) is 21.5 Å². The van der Waals surface area contributed by atoms with Crippen LogP contribution in [0.2, 0.25) is 0 Å². The molecule has 0 radical (unpaired) electrons. The van der Waals surface area contributed by atoms with Gasteiger partial charge in [-0.25, -0.2) is 4.39 Å². The molecule has 1 amide bonds. The number of rotatable bonds is 4. The summed E-state index contributed by atoms with van der Waals surface area (Å²) in [6, 6.07) is 5.87. The molecule has 0 saturated carbocycles. The van der Waals surface area contributed by atoms with Gasteiger partial charge in [-0.05, 0) is 42.3 Å². The van der Waals surface area contributed by atoms with Gasteiger partial charge in [0.25, 0.3) is 0 Å². The molecule has 2 aromatic rings. The molecule has 98 valence electrons. The first-order chi connectivity index (χ1) is 9.08. The monoisotopic (exact) mass is 259 g/mol. The molecule has 0 unspecified atom stereocenters. The lowest BCUT2D eigenvalue weighted by atomic mass is 10.1. The first-order valence-electron chi connectivity index (χ1n) is 5.80. The van der Waals surface area contributed by atoms with Gasteiger partial charge in [0.1, 0.15) is 5.82 Å². The summed E-state index contributed by atoms with van der Waals surface area (Å²) in [4.78, 5) is 15.1. The lowest BCUT2D eigenvalue weighted by molar-refractivity contribution is 0.100. The van der Waals surface area contributed by atoms with Crippen LogP contribution in [0.25, 0.3) is 0 Å². The van der Waals surface area contributed by atoms with E-state index < -0.39 is 11.7 Å². The fraction of sp³-hybridized carbons (Fsp3) is 0.143. The molecule has 2 rings (SSSR count). The molecular weight excluding hydrogens is 245 g/mol. The molecule has 0 aliphatic heterocycles. The normalized spacial score (nSPS) is 10.2. The maximum absolute atomic E-state index is 13.6. The van der Waals surface area contributed by atoms with Gasteiger partial charge >= 0.3 is 0 Å². The number of benzene rings is 1. The van der Waals surface area contributed by atoms with Crippen LogP contribution < -0.4 is 11.1 Å². The third kappa shape index (κ3) is 3.07. The number of primary amides is 1. The lowest BCUT2D eigenvalue weighted by Gasteiger charge is -2.10. The second kappa shape index (κ2) is 5.48. The van der Waals surface area contributed by atoms with Crippen LogP contribution >= 0.6 is 0 Å². The minimum Gasteiger partial charge on any atom is -0.379 e. The topological polar surface area (TPSA) is 68.0 Å². The van der Waals surface area contributed by atoms with Gasteiger partial charge in [-0.2, -0.15) is 0 Å². The van der Waals surface area contributed by atoms with Crippen LogP contribution in [-0.2, 0) is 6.54 Å². The number of nitrogens with two attached hydrogens (primary N) is 1. The zero-order valence-corrected chi connectivity index (χ0v) is 10.5. The Kier molecular flexibility index (Phi) is 3.75. The van der Waals surface area contributed by atoms with Crippen LogP contribution in [0.4, 0.5) is 10.1 Å². The average Bonchev–Trinajstić information content (AvgIpc) is 2.39. The molecule has 0 bridgehead atoms. The molecule has 0 aliphatic rings. The van der Waals surface area contributed by atoms with E-state index >= 15 is 0 Å². The molecule has 1 aromatic carbocycles. The zero-order valence-electron chi connectivity index (χ0n) is 10.5. The number of amides is 1. The molecule has 19 heavy (non-hydrogen) atoms. The minimum absolute atomic E-state index is 0.250. The van der Waals surface area contributed by atoms with Crippen molar-refractivity contribution in [3.8, 4) is 0 Å². The number of anilines is 1. The Balaban J connectivity index is 2.17. The van der Waals surface area contributed by atoms with Crippen molar-refractivity contribution in [3.63, 3.8) is 0 Å². The highest BCUT2D eigenvalue weighted by Gasteiger charge is 2.07. The Morgan fingerprint density at radius 2 is 2.21 bits per heavy atom. The largest absolute Gasteiger partial charge is 0.379 e. The Morgan fingerprint density at radius 1 is 1.42 bits per heavy atom. The Bertz CT molecular complexity index is 613. The van der Waals surface area contributed by atoms with Crippen LogP contribution in [0, 0.1) is 12.7 Å². The fourth-order valence-electron chi connectivity index (χ4n) is 1.69. The predicted octanol–water partition coefficient (Wildman–Crippen LogP) is 2.24. The molecule has 0 spiro atoms. The van der Waals surface area contributed by atoms with Crippen LogP contribution in [0.3, 0.4) is 0 Å². The van der Waals surface area contributed by atoms with E-state index in [1.165, 1.54) is 18.2 Å². The molecule has 0 saturated heterocycles. The number of nitrogens with one attached hydrogen (secondary N) is 1. The third-order valence-corrected chi connectivity index (χ3v) is 2.87. The number of carbonyl (C=O) groups excluding carboxylic acids is 1. The van der Waals surface area contributed by atoms with Crippen molar-refractivity contribution in [3.05, 3.63) is 59.2 Å². The summed E-state index contributed by atoms with van der Waals surface area (Å²) < 4.78 is 13.6. The van der Waals surface area contributed by atoms with Gasteiger partial charge in [0.15, 0.2) is 0 Å². The summed E-state index contributed by atoms with van der Waals surface area (Å²) in [5, 5.41) is 2.94. The van der Waals surface area contributed by atoms with E-state index in [1.807, 2.05) is 13.0 Å². The van der Waals surface area contributed by atoms with Crippen molar-refractivity contribution in [2.45, 2.75) is 13.5 Å². The summed E-state index contributed by atoms with van der Waals surface area (Å²) in [6.45, 7) is 2.38. The van der Waals surface area contributed by atoms with Crippen LogP contribution in [0.5, 0.6) is 0 Å². The van der Waals surface area contributed by atoms with Crippen molar-refractivity contribution in [2.75, 3.05) is 5.32 Å². The molecule has 1 aromatic heterocycles. The summed E-state index contributed by atoms with van der Waals surface area (Å²) >= 11 is 0. The maximum Gasteiger partial charge on any atom is 0.248 e. The highest BCUT2D eigenvalue weighted by Crippen LogP contribution is 2.17. The molecule has 0 fully saturated rings. The van der Waals surface area contributed by atoms with Crippen molar-refractivity contribution in [2.24, 2.45) is 5.73 Å². The maximum atomic E-state index is 13.6. The molecule has 1 heterocycles. The highest BCUT2D eigenvalue weighted by molar-refractivity contribution is 5.93. The van der Waals surface area contributed by atoms with Crippen molar-refractivity contribution < 1.29 is 9.18 Å². The Hall–Kier alpha value is -2.43. The molecule has 3 N–H and O–H groups in total. The SMILES string of the molecule is Cc1ccncc1CNc1cc(C(N)=O)ccc1F. The Labute approximate surface area is 110 Å². The van der Waals surface area contributed by atoms with Gasteiger partial charge in [-0.15, -0.1) is 0 Å². The van der Waals surface area contributed by atoms with Gasteiger partial charge in [-0.3, -0.25) is 9.78 Å². The predicted molar refractivity (Wildman–Crippen MR) is 71.2 cm³/mol. The van der Waals surface area contributed by atoms with Gasteiger partial charge in [0.05, 0.1) is 5.69 Å². The molecular formula is C14H14FN3O. The van der Waals surface area contributed by atoms with E-state index in [4.69, 9.17) is 5.73 Å². The number of hydrogen-bond acceptors (Lipinski definition) is 3. The van der Waals surface area contributed by atoms with Crippen molar-refractivity contribution >= 4 is 11.6 Å². The average molecular weight is 259 g/mol. The van der Waals surface area contributed by atoms with Gasteiger partial charge in [-0.1, -0.05) is 0 Å². The quantitative estimate of drug-likeness (QED) is 0.884. The first-order valence-corrected chi connectivity index (χ1v) is 5.80. The minimum atomic E-state index is -0.583. The van der Waals surface area contributed by atoms with E-state index in [9.17, 15) is 9.18 Å². The number of aryl methyl sites for hydroxylation is 1. The van der Waals surface area contributed by atoms with Gasteiger partial charge in [0.2, 0.25) is 5.91 Å². The van der Waals surface area contributed by atoms with Gasteiger partial charge < -0.3 is 11.1 Å². The number of hydrogen-bond donors (Lipinski definition) is 2.